The van der Waals surface area contributed by atoms with E-state index >= 15 is 0 Å². The van der Waals surface area contributed by atoms with Crippen LogP contribution >= 0.6 is 0 Å². The maximum Gasteiger partial charge on any atom is 0.147 e. The van der Waals surface area contributed by atoms with Crippen LogP contribution < -0.4 is 0 Å². The molecule has 0 amide bonds. The van der Waals surface area contributed by atoms with Crippen molar-refractivity contribution >= 4 is 87.0 Å². The number of furan rings is 2. The van der Waals surface area contributed by atoms with E-state index in [1.807, 2.05) is 91.0 Å². The van der Waals surface area contributed by atoms with Crippen molar-refractivity contribution in [2.45, 2.75) is 26.2 Å². The van der Waals surface area contributed by atoms with Crippen molar-refractivity contribution < 1.29 is 19.8 Å². The van der Waals surface area contributed by atoms with E-state index in [1.54, 1.807) is 0 Å². The second-order valence-electron chi connectivity index (χ2n) is 14.6. The molecule has 0 bridgehead atoms. The van der Waals surface area contributed by atoms with Crippen molar-refractivity contribution in [1.29, 1.82) is 0 Å². The highest BCUT2D eigenvalue weighted by Gasteiger charge is 2.25. The number of hydrogen-bond acceptors (Lipinski definition) is 2. The molecule has 11 aromatic rings. The molecule has 0 unspecified atom stereocenters. The third-order valence-corrected chi connectivity index (χ3v) is 10.6. The van der Waals surface area contributed by atoms with E-state index in [0.29, 0.717) is 44.4 Å². The van der Waals surface area contributed by atoms with E-state index in [-0.39, 0.29) is 56.7 Å². The Kier molecular flexibility index (Phi) is 4.56. The van der Waals surface area contributed by atoms with Crippen molar-refractivity contribution in [3.05, 3.63) is 157 Å². The van der Waals surface area contributed by atoms with Crippen molar-refractivity contribution in [1.82, 2.24) is 0 Å². The standard InChI is InChI=1S/C50H34O2/c1-50(2,3)30-24-26-44-40(27-30)41-28-42(49-47(48(41)52-44)39-19-10-11-22-43(39)51-49)46-37-17-8-6-15-35(37)45(36-16-7-9-18-38(36)46)34-21-12-20-32-31-14-5-4-13-29(31)23-25-33(32)34/h4-28H,1-3H3/i6D,7D,8D,9D,15D,16D,17D,18D. The molecule has 2 heteroatoms. The van der Waals surface area contributed by atoms with Gasteiger partial charge >= 0.3 is 0 Å². The fraction of sp³-hybridized carbons (Fsp3) is 0.0800. The van der Waals surface area contributed by atoms with Crippen LogP contribution in [-0.4, -0.2) is 0 Å². The topological polar surface area (TPSA) is 26.3 Å². The molecular weight excluding hydrogens is 633 g/mol. The molecule has 11 rings (SSSR count). The van der Waals surface area contributed by atoms with Crippen LogP contribution in [0.3, 0.4) is 0 Å². The first-order valence-corrected chi connectivity index (χ1v) is 17.4. The fourth-order valence-electron chi connectivity index (χ4n) is 8.19. The molecule has 0 spiro atoms. The third kappa shape index (κ3) is 4.06. The van der Waals surface area contributed by atoms with Gasteiger partial charge in [-0.1, -0.05) is 148 Å². The molecular formula is C50H34O2. The Labute approximate surface area is 311 Å². The molecule has 52 heavy (non-hydrogen) atoms. The first-order chi connectivity index (χ1) is 28.8. The van der Waals surface area contributed by atoms with E-state index in [4.69, 9.17) is 14.3 Å². The summed E-state index contributed by atoms with van der Waals surface area (Å²) in [4.78, 5) is 0. The Morgan fingerprint density at radius 2 is 1.06 bits per heavy atom. The zero-order valence-corrected chi connectivity index (χ0v) is 28.6. The first kappa shape index (κ1) is 22.4. The van der Waals surface area contributed by atoms with Crippen molar-refractivity contribution in [3.8, 4) is 22.3 Å². The van der Waals surface area contributed by atoms with Crippen molar-refractivity contribution in [2.75, 3.05) is 0 Å². The molecule has 0 aliphatic heterocycles. The predicted octanol–water partition coefficient (Wildman–Crippen LogP) is 14.7. The number of benzene rings is 9. The van der Waals surface area contributed by atoms with Gasteiger partial charge in [0, 0.05) is 27.3 Å². The summed E-state index contributed by atoms with van der Waals surface area (Å²) in [5, 5.41) is 7.19. The van der Waals surface area contributed by atoms with Gasteiger partial charge in [-0.2, -0.15) is 0 Å². The van der Waals surface area contributed by atoms with E-state index in [1.165, 1.54) is 0 Å². The van der Waals surface area contributed by atoms with Crippen LogP contribution in [0.2, 0.25) is 0 Å². The summed E-state index contributed by atoms with van der Waals surface area (Å²) in [5.74, 6) is 0. The highest BCUT2D eigenvalue weighted by molar-refractivity contribution is 6.30. The number of rotatable bonds is 2. The lowest BCUT2D eigenvalue weighted by Crippen LogP contribution is -2.10. The Hall–Kier alpha value is -6.38. The summed E-state index contributed by atoms with van der Waals surface area (Å²) >= 11 is 0. The highest BCUT2D eigenvalue weighted by atomic mass is 16.3. The number of fused-ring (bicyclic) bond motifs is 12. The lowest BCUT2D eigenvalue weighted by Gasteiger charge is -2.19. The van der Waals surface area contributed by atoms with Gasteiger partial charge in [0.15, 0.2) is 0 Å². The minimum absolute atomic E-state index is 0.121. The zero-order chi connectivity index (χ0) is 41.7. The average Bonchev–Trinajstić information content (AvgIpc) is 3.82. The molecule has 2 heterocycles. The Bertz CT molecular complexity index is 3660. The normalized spacial score (nSPS) is 14.7. The van der Waals surface area contributed by atoms with Crippen molar-refractivity contribution in [2.24, 2.45) is 0 Å². The van der Waals surface area contributed by atoms with Gasteiger partial charge < -0.3 is 8.83 Å². The molecule has 0 aliphatic rings. The van der Waals surface area contributed by atoms with Gasteiger partial charge in [0.2, 0.25) is 0 Å². The molecule has 0 fully saturated rings. The number of hydrogen-bond donors (Lipinski definition) is 0. The van der Waals surface area contributed by atoms with E-state index in [2.05, 4.69) is 32.9 Å². The molecule has 0 N–H and O–H groups in total. The summed E-state index contributed by atoms with van der Waals surface area (Å²) in [6, 6.07) is 30.2. The third-order valence-electron chi connectivity index (χ3n) is 10.6. The molecule has 2 nitrogen and oxygen atoms in total. The Morgan fingerprint density at radius 3 is 1.79 bits per heavy atom. The van der Waals surface area contributed by atoms with Gasteiger partial charge in [-0.15, -0.1) is 0 Å². The van der Waals surface area contributed by atoms with Crippen LogP contribution in [-0.2, 0) is 5.41 Å². The first-order valence-electron chi connectivity index (χ1n) is 21.4. The molecule has 0 saturated carbocycles. The van der Waals surface area contributed by atoms with Gasteiger partial charge in [-0.25, -0.2) is 0 Å². The minimum atomic E-state index is -0.464. The Morgan fingerprint density at radius 1 is 0.442 bits per heavy atom. The van der Waals surface area contributed by atoms with Crippen LogP contribution in [0.4, 0.5) is 0 Å². The molecule has 0 atom stereocenters. The van der Waals surface area contributed by atoms with Gasteiger partial charge in [0.25, 0.3) is 0 Å². The Balaban J connectivity index is 1.43. The lowest BCUT2D eigenvalue weighted by atomic mass is 9.83. The monoisotopic (exact) mass is 674 g/mol. The summed E-state index contributed by atoms with van der Waals surface area (Å²) < 4.78 is 88.2. The predicted molar refractivity (Wildman–Crippen MR) is 221 cm³/mol. The highest BCUT2D eigenvalue weighted by Crippen LogP contribution is 2.50. The molecule has 0 saturated heterocycles. The van der Waals surface area contributed by atoms with E-state index in [0.717, 1.165) is 43.3 Å². The smallest absolute Gasteiger partial charge is 0.147 e. The van der Waals surface area contributed by atoms with Crippen LogP contribution in [0.5, 0.6) is 0 Å². The van der Waals surface area contributed by atoms with Gasteiger partial charge in [0.1, 0.15) is 22.3 Å². The van der Waals surface area contributed by atoms with E-state index < -0.39 is 24.2 Å². The summed E-state index contributed by atoms with van der Waals surface area (Å²) in [6.07, 6.45) is 0. The van der Waals surface area contributed by atoms with Gasteiger partial charge in [-0.3, -0.25) is 0 Å². The van der Waals surface area contributed by atoms with Crippen LogP contribution in [0.15, 0.2) is 160 Å². The van der Waals surface area contributed by atoms with Crippen LogP contribution in [0, 0.1) is 0 Å². The molecule has 246 valence electrons. The molecule has 0 aliphatic carbocycles. The zero-order valence-electron chi connectivity index (χ0n) is 36.6. The summed E-state index contributed by atoms with van der Waals surface area (Å²) in [6.45, 7) is 6.42. The maximum atomic E-state index is 9.69. The molecule has 2 aromatic heterocycles. The van der Waals surface area contributed by atoms with E-state index in [9.17, 15) is 5.48 Å². The second kappa shape index (κ2) is 10.6. The minimum Gasteiger partial charge on any atom is -0.455 e. The van der Waals surface area contributed by atoms with Crippen LogP contribution in [0.25, 0.3) is 109 Å². The SMILES string of the molecule is [2H]c1c([2H])c([2H])c2c(-c3cc4c5cc(C(C)(C)C)ccc5oc4c4c3oc3ccccc34)c3c([2H])c([2H])c([2H])c([2H])c3c(-c3cccc4c3ccc3ccccc34)c2c1[2H]. The van der Waals surface area contributed by atoms with Gasteiger partial charge in [-0.05, 0) is 89.5 Å². The average molecular weight is 675 g/mol. The fourth-order valence-corrected chi connectivity index (χ4v) is 8.19. The molecule has 0 radical (unpaired) electrons. The summed E-state index contributed by atoms with van der Waals surface area (Å²) in [7, 11) is 0. The second-order valence-corrected chi connectivity index (χ2v) is 14.6. The quantitative estimate of drug-likeness (QED) is 0.135. The lowest BCUT2D eigenvalue weighted by molar-refractivity contribution is 0.590. The molecule has 9 aromatic carbocycles. The number of para-hydroxylation sites is 1. The maximum absolute atomic E-state index is 9.69. The van der Waals surface area contributed by atoms with Gasteiger partial charge in [0.05, 0.1) is 16.4 Å². The van der Waals surface area contributed by atoms with Crippen molar-refractivity contribution in [3.63, 3.8) is 0 Å². The van der Waals surface area contributed by atoms with Crippen LogP contribution in [0.1, 0.15) is 37.3 Å². The summed E-state index contributed by atoms with van der Waals surface area (Å²) in [5.41, 5.74) is 4.58. The largest absolute Gasteiger partial charge is 0.455 e.